The van der Waals surface area contributed by atoms with Gasteiger partial charge in [0.05, 0.1) is 5.56 Å². The van der Waals surface area contributed by atoms with Crippen molar-refractivity contribution in [1.82, 2.24) is 15.3 Å². The number of hydrogen-bond donors (Lipinski definition) is 2. The number of aromatic amines is 1. The van der Waals surface area contributed by atoms with Gasteiger partial charge >= 0.3 is 0 Å². The summed E-state index contributed by atoms with van der Waals surface area (Å²) in [6.45, 7) is 6.81. The number of pyridine rings is 1. The van der Waals surface area contributed by atoms with Gasteiger partial charge in [-0.25, -0.2) is 8.78 Å². The number of hydrogen-bond acceptors (Lipinski definition) is 3. The van der Waals surface area contributed by atoms with E-state index in [1.54, 1.807) is 25.5 Å². The lowest BCUT2D eigenvalue weighted by Crippen LogP contribution is -2.25. The van der Waals surface area contributed by atoms with Crippen molar-refractivity contribution in [2.75, 3.05) is 18.5 Å². The molecule has 36 heavy (non-hydrogen) atoms. The number of rotatable bonds is 5. The number of benzene rings is 2. The van der Waals surface area contributed by atoms with Gasteiger partial charge in [0.15, 0.2) is 0 Å². The third-order valence-corrected chi connectivity index (χ3v) is 7.04. The summed E-state index contributed by atoms with van der Waals surface area (Å²) in [4.78, 5) is 22.2. The third-order valence-electron chi connectivity index (χ3n) is 7.04. The molecule has 0 atom stereocenters. The molecule has 0 radical (unpaired) electrons. The predicted octanol–water partition coefficient (Wildman–Crippen LogP) is 7.04. The summed E-state index contributed by atoms with van der Waals surface area (Å²) < 4.78 is 28.6. The van der Waals surface area contributed by atoms with Crippen LogP contribution in [-0.2, 0) is 6.42 Å². The summed E-state index contributed by atoms with van der Waals surface area (Å²) in [6, 6.07) is 11.4. The number of carbonyl (C=O) groups is 1. The van der Waals surface area contributed by atoms with Crippen LogP contribution in [0.4, 0.5) is 20.2 Å². The average Bonchev–Trinajstić information content (AvgIpc) is 3.30. The highest BCUT2D eigenvalue weighted by molar-refractivity contribution is 6.08. The van der Waals surface area contributed by atoms with Gasteiger partial charge in [0.2, 0.25) is 0 Å². The normalized spacial score (nSPS) is 13.5. The molecular weight excluding hydrogens is 458 g/mol. The van der Waals surface area contributed by atoms with Crippen molar-refractivity contribution < 1.29 is 13.6 Å². The molecule has 3 heterocycles. The minimum atomic E-state index is -2.62. The minimum Gasteiger partial charge on any atom is -0.360 e. The first kappa shape index (κ1) is 24.0. The Balaban J connectivity index is 1.68. The summed E-state index contributed by atoms with van der Waals surface area (Å²) in [5, 5.41) is 3.54. The summed E-state index contributed by atoms with van der Waals surface area (Å²) in [5.74, 6) is 0.0458. The number of aromatic nitrogens is 2. The maximum absolute atomic E-state index is 14.3. The first-order valence-electron chi connectivity index (χ1n) is 12.3. The Labute approximate surface area is 209 Å². The number of carbonyl (C=O) groups excluding carboxylic acids is 1. The highest BCUT2D eigenvalue weighted by atomic mass is 19.3. The topological polar surface area (TPSA) is 61.0 Å². The number of fused-ring (bicyclic) bond motifs is 2. The van der Waals surface area contributed by atoms with Crippen molar-refractivity contribution in [2.45, 2.75) is 46.0 Å². The van der Waals surface area contributed by atoms with E-state index in [1.807, 2.05) is 31.2 Å². The summed E-state index contributed by atoms with van der Waals surface area (Å²) in [5.41, 5.74) is 7.40. The van der Waals surface area contributed by atoms with Crippen LogP contribution >= 0.6 is 0 Å². The largest absolute Gasteiger partial charge is 0.360 e. The second kappa shape index (κ2) is 9.37. The first-order chi connectivity index (χ1) is 17.3. The molecule has 5 rings (SSSR count). The summed E-state index contributed by atoms with van der Waals surface area (Å²) in [6.07, 6.45) is 2.50. The van der Waals surface area contributed by atoms with Gasteiger partial charge in [0.1, 0.15) is 0 Å². The molecule has 0 saturated carbocycles. The lowest BCUT2D eigenvalue weighted by Gasteiger charge is -2.33. The minimum absolute atomic E-state index is 0.00385. The van der Waals surface area contributed by atoms with Crippen LogP contribution in [0.1, 0.15) is 65.4 Å². The molecule has 0 bridgehead atoms. The highest BCUT2D eigenvalue weighted by Crippen LogP contribution is 2.43. The van der Waals surface area contributed by atoms with Gasteiger partial charge in [-0.1, -0.05) is 19.9 Å². The smallest absolute Gasteiger partial charge is 0.264 e. The molecule has 2 aromatic heterocycles. The Hall–Kier alpha value is -3.74. The Kier molecular flexibility index (Phi) is 6.24. The van der Waals surface area contributed by atoms with E-state index in [2.05, 4.69) is 40.1 Å². The van der Waals surface area contributed by atoms with Crippen LogP contribution in [-0.4, -0.2) is 29.5 Å². The Morgan fingerprint density at radius 2 is 1.94 bits per heavy atom. The van der Waals surface area contributed by atoms with Gasteiger partial charge in [0.25, 0.3) is 12.3 Å². The standard InChI is InChI=1S/C29H30F2N4O/c1-16(2)21-11-20(12-23-25(29(36)32-4)15-34-27(21)23)35-9-5-6-18-10-22(19-8-7-17(3)33-14-19)24(28(30)31)13-26(18)35/h7-8,10-16,28,34H,5-6,9H2,1-4H3,(H,32,36). The number of nitrogens with zero attached hydrogens (tertiary/aromatic N) is 2. The van der Waals surface area contributed by atoms with Crippen molar-refractivity contribution in [1.29, 1.82) is 0 Å². The van der Waals surface area contributed by atoms with Crippen LogP contribution in [0, 0.1) is 6.92 Å². The molecule has 5 nitrogen and oxygen atoms in total. The van der Waals surface area contributed by atoms with Gasteiger partial charge < -0.3 is 15.2 Å². The molecule has 0 fully saturated rings. The zero-order chi connectivity index (χ0) is 25.6. The van der Waals surface area contributed by atoms with Crippen LogP contribution < -0.4 is 10.2 Å². The average molecular weight is 489 g/mol. The molecule has 0 unspecified atom stereocenters. The highest BCUT2D eigenvalue weighted by Gasteiger charge is 2.26. The van der Waals surface area contributed by atoms with Crippen molar-refractivity contribution in [2.24, 2.45) is 0 Å². The number of amides is 1. The maximum atomic E-state index is 14.3. The summed E-state index contributed by atoms with van der Waals surface area (Å²) >= 11 is 0. The summed E-state index contributed by atoms with van der Waals surface area (Å²) in [7, 11) is 1.61. The Morgan fingerprint density at radius 3 is 2.61 bits per heavy atom. The van der Waals surface area contributed by atoms with E-state index < -0.39 is 6.43 Å². The van der Waals surface area contributed by atoms with Crippen molar-refractivity contribution in [3.05, 3.63) is 76.7 Å². The fourth-order valence-electron chi connectivity index (χ4n) is 5.15. The van der Waals surface area contributed by atoms with Crippen LogP contribution in [0.2, 0.25) is 0 Å². The van der Waals surface area contributed by atoms with Crippen molar-refractivity contribution in [3.8, 4) is 11.1 Å². The molecule has 4 aromatic rings. The number of alkyl halides is 2. The van der Waals surface area contributed by atoms with E-state index in [-0.39, 0.29) is 17.4 Å². The molecule has 1 amide bonds. The van der Waals surface area contributed by atoms with Crippen LogP contribution in [0.15, 0.2) is 48.8 Å². The number of anilines is 2. The Bertz CT molecular complexity index is 1440. The van der Waals surface area contributed by atoms with Crippen molar-refractivity contribution >= 4 is 28.2 Å². The van der Waals surface area contributed by atoms with Gasteiger partial charge in [-0.3, -0.25) is 9.78 Å². The fourth-order valence-corrected chi connectivity index (χ4v) is 5.15. The predicted molar refractivity (Wildman–Crippen MR) is 140 cm³/mol. The van der Waals surface area contributed by atoms with E-state index in [0.29, 0.717) is 23.2 Å². The van der Waals surface area contributed by atoms with Gasteiger partial charge in [-0.05, 0) is 72.7 Å². The number of aryl methyl sites for hydroxylation is 2. The monoisotopic (exact) mass is 488 g/mol. The number of halogens is 2. The molecule has 2 aromatic carbocycles. The third kappa shape index (κ3) is 4.12. The second-order valence-corrected chi connectivity index (χ2v) is 9.71. The molecule has 2 N–H and O–H groups in total. The van der Waals surface area contributed by atoms with E-state index in [1.165, 1.54) is 0 Å². The second-order valence-electron chi connectivity index (χ2n) is 9.71. The molecule has 0 saturated heterocycles. The molecule has 0 spiro atoms. The van der Waals surface area contributed by atoms with E-state index >= 15 is 0 Å². The number of H-pyrrole nitrogens is 1. The van der Waals surface area contributed by atoms with E-state index in [9.17, 15) is 13.6 Å². The fraction of sp³-hybridized carbons (Fsp3) is 0.310. The van der Waals surface area contributed by atoms with Gasteiger partial charge in [-0.15, -0.1) is 0 Å². The zero-order valence-electron chi connectivity index (χ0n) is 21.0. The van der Waals surface area contributed by atoms with Gasteiger partial charge in [0, 0.05) is 65.1 Å². The SMILES string of the molecule is CNC(=O)c1c[nH]c2c(C(C)C)cc(N3CCCc4cc(-c5ccc(C)nc5)c(C(F)F)cc43)cc12. The molecule has 1 aliphatic heterocycles. The lowest BCUT2D eigenvalue weighted by molar-refractivity contribution is 0.0964. The molecule has 7 heteroatoms. The molecule has 0 aliphatic carbocycles. The van der Waals surface area contributed by atoms with E-state index in [4.69, 9.17) is 0 Å². The van der Waals surface area contributed by atoms with Gasteiger partial charge in [-0.2, -0.15) is 0 Å². The van der Waals surface area contributed by atoms with E-state index in [0.717, 1.165) is 51.9 Å². The zero-order valence-corrected chi connectivity index (χ0v) is 21.0. The molecule has 1 aliphatic rings. The van der Waals surface area contributed by atoms with Crippen LogP contribution in [0.25, 0.3) is 22.0 Å². The quantitative estimate of drug-likeness (QED) is 0.317. The lowest BCUT2D eigenvalue weighted by atomic mass is 9.91. The maximum Gasteiger partial charge on any atom is 0.264 e. The first-order valence-corrected chi connectivity index (χ1v) is 12.3. The van der Waals surface area contributed by atoms with Crippen LogP contribution in [0.5, 0.6) is 0 Å². The van der Waals surface area contributed by atoms with Crippen molar-refractivity contribution in [3.63, 3.8) is 0 Å². The molecular formula is C29H30F2N4O. The number of nitrogens with one attached hydrogen (secondary N) is 2. The Morgan fingerprint density at radius 1 is 1.14 bits per heavy atom. The van der Waals surface area contributed by atoms with Crippen LogP contribution in [0.3, 0.4) is 0 Å². The molecule has 186 valence electrons.